The molecule has 5 atom stereocenters. The van der Waals surface area contributed by atoms with Crippen LogP contribution < -0.4 is 4.74 Å². The number of hydrogen-bond donors (Lipinski definition) is 1. The van der Waals surface area contributed by atoms with Crippen molar-refractivity contribution in [3.05, 3.63) is 48.6 Å². The summed E-state index contributed by atoms with van der Waals surface area (Å²) in [5.41, 5.74) is 0.678. The third kappa shape index (κ3) is 4.32. The van der Waals surface area contributed by atoms with E-state index in [1.165, 1.54) is 24.3 Å². The maximum atomic E-state index is 11.4. The van der Waals surface area contributed by atoms with Gasteiger partial charge in [0, 0.05) is 11.1 Å². The topological polar surface area (TPSA) is 108 Å². The molecule has 0 saturated carbocycles. The second-order valence-corrected chi connectivity index (χ2v) is 7.20. The fourth-order valence-corrected chi connectivity index (χ4v) is 3.31. The van der Waals surface area contributed by atoms with Crippen molar-refractivity contribution in [2.45, 2.75) is 44.7 Å². The second kappa shape index (κ2) is 8.08. The summed E-state index contributed by atoms with van der Waals surface area (Å²) in [7, 11) is 0. The van der Waals surface area contributed by atoms with Gasteiger partial charge in [0.05, 0.1) is 12.0 Å². The molecule has 3 aliphatic rings. The van der Waals surface area contributed by atoms with Crippen molar-refractivity contribution in [2.75, 3.05) is 0 Å². The molecule has 1 aromatic rings. The van der Waals surface area contributed by atoms with Crippen molar-refractivity contribution >= 4 is 17.9 Å². The fraction of sp³-hybridized carbons (Fsp3) is 0.381. The number of carbonyl (C=O) groups excluding carboxylic acids is 3. The van der Waals surface area contributed by atoms with Gasteiger partial charge >= 0.3 is 17.9 Å². The highest BCUT2D eigenvalue weighted by Gasteiger charge is 2.65. The van der Waals surface area contributed by atoms with Crippen LogP contribution >= 0.6 is 0 Å². The summed E-state index contributed by atoms with van der Waals surface area (Å²) in [6.07, 6.45) is -0.708. The number of rotatable bonds is 4. The number of phenols is 1. The van der Waals surface area contributed by atoms with Crippen LogP contribution in [0.25, 0.3) is 0 Å². The lowest BCUT2D eigenvalue weighted by atomic mass is 9.88. The quantitative estimate of drug-likeness (QED) is 0.463. The third-order valence-electron chi connectivity index (χ3n) is 4.77. The van der Waals surface area contributed by atoms with Gasteiger partial charge in [-0.25, -0.2) is 9.59 Å². The van der Waals surface area contributed by atoms with Crippen molar-refractivity contribution in [1.29, 1.82) is 0 Å². The smallest absolute Gasteiger partial charge is 0.338 e. The molecule has 29 heavy (non-hydrogen) atoms. The Kier molecular flexibility index (Phi) is 5.74. The van der Waals surface area contributed by atoms with Crippen LogP contribution in [0.1, 0.15) is 20.3 Å². The van der Waals surface area contributed by atoms with Crippen LogP contribution in [0.3, 0.4) is 0 Å². The number of benzene rings is 1. The predicted octanol–water partition coefficient (Wildman–Crippen LogP) is 2.06. The molecule has 8 heteroatoms. The summed E-state index contributed by atoms with van der Waals surface area (Å²) in [4.78, 5) is 33.8. The van der Waals surface area contributed by atoms with Crippen molar-refractivity contribution < 1.29 is 38.4 Å². The summed E-state index contributed by atoms with van der Waals surface area (Å²) in [5.74, 6) is -0.784. The molecule has 3 saturated heterocycles. The molecule has 1 aromatic carbocycles. The van der Waals surface area contributed by atoms with Gasteiger partial charge in [0.2, 0.25) is 0 Å². The monoisotopic (exact) mass is 402 g/mol. The number of ether oxygens (including phenoxy) is 4. The zero-order valence-corrected chi connectivity index (χ0v) is 16.1. The van der Waals surface area contributed by atoms with E-state index in [0.29, 0.717) is 23.3 Å². The molecule has 154 valence electrons. The Morgan fingerprint density at radius 2 is 1.69 bits per heavy atom. The number of carbonyl (C=O) groups is 3. The summed E-state index contributed by atoms with van der Waals surface area (Å²) >= 11 is 0. The lowest BCUT2D eigenvalue weighted by molar-refractivity contribution is -0.157. The normalized spacial score (nSPS) is 28.1. The van der Waals surface area contributed by atoms with E-state index in [4.69, 9.17) is 24.1 Å². The molecule has 0 aliphatic carbocycles. The highest BCUT2D eigenvalue weighted by atomic mass is 16.7. The zero-order chi connectivity index (χ0) is 21.3. The third-order valence-corrected chi connectivity index (χ3v) is 4.77. The molecule has 5 unspecified atom stereocenters. The minimum atomic E-state index is -0.467. The van der Waals surface area contributed by atoms with E-state index in [1.807, 2.05) is 0 Å². The van der Waals surface area contributed by atoms with Gasteiger partial charge in [0.15, 0.2) is 12.2 Å². The average Bonchev–Trinajstić information content (AvgIpc) is 3.29. The van der Waals surface area contributed by atoms with Crippen LogP contribution in [-0.2, 0) is 28.6 Å². The maximum Gasteiger partial charge on any atom is 0.338 e. The van der Waals surface area contributed by atoms with Gasteiger partial charge in [-0.1, -0.05) is 13.2 Å². The molecule has 3 aliphatic heterocycles. The van der Waals surface area contributed by atoms with Crippen LogP contribution in [0.15, 0.2) is 48.6 Å². The van der Waals surface area contributed by atoms with Crippen molar-refractivity contribution in [3.8, 4) is 11.5 Å². The van der Waals surface area contributed by atoms with E-state index in [0.717, 1.165) is 0 Å². The molecule has 0 amide bonds. The predicted molar refractivity (Wildman–Crippen MR) is 99.9 cm³/mol. The lowest BCUT2D eigenvalue weighted by Crippen LogP contribution is -2.40. The van der Waals surface area contributed by atoms with E-state index in [2.05, 4.69) is 13.2 Å². The summed E-state index contributed by atoms with van der Waals surface area (Å²) in [5, 5.41) is 8.94. The Labute approximate surface area is 167 Å². The first-order valence-electron chi connectivity index (χ1n) is 9.06. The average molecular weight is 402 g/mol. The minimum Gasteiger partial charge on any atom is -0.508 e. The molecule has 3 heterocycles. The van der Waals surface area contributed by atoms with Gasteiger partial charge in [-0.2, -0.15) is 0 Å². The Balaban J connectivity index is 0.000000170. The summed E-state index contributed by atoms with van der Waals surface area (Å²) < 4.78 is 20.9. The SMILES string of the molecule is C=C(C)C(=O)OC1C2CC3C(=O)OC1C3O2.C=C(C)C(=O)Oc1ccc(O)cc1. The lowest BCUT2D eigenvalue weighted by Gasteiger charge is -2.22. The van der Waals surface area contributed by atoms with Crippen molar-refractivity contribution in [3.63, 3.8) is 0 Å². The highest BCUT2D eigenvalue weighted by molar-refractivity contribution is 5.88. The van der Waals surface area contributed by atoms with Crippen molar-refractivity contribution in [2.24, 2.45) is 5.92 Å². The molecule has 4 rings (SSSR count). The van der Waals surface area contributed by atoms with E-state index in [-0.39, 0.29) is 29.8 Å². The van der Waals surface area contributed by atoms with E-state index >= 15 is 0 Å². The Bertz CT molecular complexity index is 856. The van der Waals surface area contributed by atoms with Gasteiger partial charge in [0.1, 0.15) is 17.6 Å². The highest BCUT2D eigenvalue weighted by Crippen LogP contribution is 2.47. The molecule has 2 bridgehead atoms. The number of hydrogen-bond acceptors (Lipinski definition) is 8. The number of esters is 3. The Morgan fingerprint density at radius 3 is 2.28 bits per heavy atom. The largest absolute Gasteiger partial charge is 0.508 e. The molecule has 3 fully saturated rings. The maximum absolute atomic E-state index is 11.4. The molecule has 0 radical (unpaired) electrons. The standard InChI is InChI=1S/C11H12O5.C10H10O3/c1-4(2)10(12)15-8-6-3-5-7(14-6)9(8)16-11(5)13;1-7(2)10(12)13-9-5-3-8(11)4-6-9/h5-9H,1,3H2,2H3;3-6,11H,1H2,2H3. The van der Waals surface area contributed by atoms with Gasteiger partial charge < -0.3 is 24.1 Å². The molecule has 0 spiro atoms. The number of aromatic hydroxyl groups is 1. The molecular weight excluding hydrogens is 380 g/mol. The van der Waals surface area contributed by atoms with Crippen molar-refractivity contribution in [1.82, 2.24) is 0 Å². The molecule has 1 N–H and O–H groups in total. The molecule has 0 aromatic heterocycles. The van der Waals surface area contributed by atoms with E-state index in [9.17, 15) is 14.4 Å². The number of fused-ring (bicyclic) bond motifs is 1. The summed E-state index contributed by atoms with van der Waals surface area (Å²) in [6, 6.07) is 5.91. The van der Waals surface area contributed by atoms with Crippen LogP contribution in [0.4, 0.5) is 0 Å². The van der Waals surface area contributed by atoms with Crippen LogP contribution in [0.2, 0.25) is 0 Å². The first kappa shape index (κ1) is 20.6. The van der Waals surface area contributed by atoms with Crippen LogP contribution in [0, 0.1) is 5.92 Å². The first-order chi connectivity index (χ1) is 13.7. The summed E-state index contributed by atoms with van der Waals surface area (Å²) in [6.45, 7) is 10.1. The second-order valence-electron chi connectivity index (χ2n) is 7.20. The van der Waals surface area contributed by atoms with Gasteiger partial charge in [-0.15, -0.1) is 0 Å². The van der Waals surface area contributed by atoms with E-state index < -0.39 is 24.1 Å². The fourth-order valence-electron chi connectivity index (χ4n) is 3.31. The minimum absolute atomic E-state index is 0.134. The van der Waals surface area contributed by atoms with Crippen LogP contribution in [0.5, 0.6) is 11.5 Å². The molecule has 8 nitrogen and oxygen atoms in total. The van der Waals surface area contributed by atoms with Gasteiger partial charge in [-0.05, 0) is 44.5 Å². The van der Waals surface area contributed by atoms with Gasteiger partial charge in [-0.3, -0.25) is 4.79 Å². The number of phenolic OH excluding ortho intramolecular Hbond substituents is 1. The Hall–Kier alpha value is -3.13. The Morgan fingerprint density at radius 1 is 1.07 bits per heavy atom. The van der Waals surface area contributed by atoms with Crippen LogP contribution in [-0.4, -0.2) is 47.4 Å². The van der Waals surface area contributed by atoms with Gasteiger partial charge in [0.25, 0.3) is 0 Å². The zero-order valence-electron chi connectivity index (χ0n) is 16.1. The molecular formula is C21H22O8. The van der Waals surface area contributed by atoms with E-state index in [1.54, 1.807) is 13.8 Å². The first-order valence-corrected chi connectivity index (χ1v) is 9.06.